The van der Waals surface area contributed by atoms with Gasteiger partial charge in [0, 0.05) is 24.0 Å². The zero-order chi connectivity index (χ0) is 15.3. The van der Waals surface area contributed by atoms with Gasteiger partial charge in [-0.15, -0.1) is 0 Å². The molecule has 7 nitrogen and oxygen atoms in total. The quantitative estimate of drug-likeness (QED) is 0.782. The molecule has 2 heterocycles. The molecule has 0 saturated carbocycles. The van der Waals surface area contributed by atoms with Gasteiger partial charge in [0.25, 0.3) is 0 Å². The van der Waals surface area contributed by atoms with Crippen molar-refractivity contribution >= 4 is 10.0 Å². The van der Waals surface area contributed by atoms with E-state index in [0.717, 1.165) is 0 Å². The maximum absolute atomic E-state index is 12.1. The third-order valence-corrected chi connectivity index (χ3v) is 3.82. The molecule has 8 heteroatoms. The van der Waals surface area contributed by atoms with E-state index in [-0.39, 0.29) is 18.0 Å². The minimum Gasteiger partial charge on any atom is -0.384 e. The second-order valence-electron chi connectivity index (χ2n) is 4.13. The van der Waals surface area contributed by atoms with Crippen molar-refractivity contribution in [2.45, 2.75) is 18.4 Å². The van der Waals surface area contributed by atoms with Crippen LogP contribution in [0.15, 0.2) is 33.9 Å². The van der Waals surface area contributed by atoms with Crippen molar-refractivity contribution in [1.29, 1.82) is 0 Å². The molecule has 21 heavy (non-hydrogen) atoms. The smallest absolute Gasteiger partial charge is 0.242 e. The highest BCUT2D eigenvalue weighted by Crippen LogP contribution is 2.10. The summed E-state index contributed by atoms with van der Waals surface area (Å²) in [6.45, 7) is 1.44. The summed E-state index contributed by atoms with van der Waals surface area (Å²) >= 11 is 0. The second-order valence-corrected chi connectivity index (χ2v) is 5.90. The van der Waals surface area contributed by atoms with Crippen LogP contribution in [-0.2, 0) is 16.6 Å². The first-order chi connectivity index (χ1) is 10.0. The topological polar surface area (TPSA) is 105 Å². The van der Waals surface area contributed by atoms with Crippen molar-refractivity contribution in [1.82, 2.24) is 14.9 Å². The third kappa shape index (κ3) is 4.13. The Hall–Kier alpha value is -2.21. The van der Waals surface area contributed by atoms with Crippen LogP contribution in [0.2, 0.25) is 0 Å². The molecular formula is C13H13N3O4S. The lowest BCUT2D eigenvalue weighted by molar-refractivity contribution is 0.350. The first-order valence-corrected chi connectivity index (χ1v) is 7.46. The maximum atomic E-state index is 12.1. The van der Waals surface area contributed by atoms with Crippen molar-refractivity contribution in [3.05, 3.63) is 41.5 Å². The Morgan fingerprint density at radius 2 is 2.19 bits per heavy atom. The molecule has 0 unspecified atom stereocenters. The van der Waals surface area contributed by atoms with Gasteiger partial charge < -0.3 is 9.63 Å². The Morgan fingerprint density at radius 1 is 1.38 bits per heavy atom. The van der Waals surface area contributed by atoms with Crippen LogP contribution >= 0.6 is 0 Å². The van der Waals surface area contributed by atoms with E-state index in [9.17, 15) is 8.42 Å². The van der Waals surface area contributed by atoms with Crippen LogP contribution < -0.4 is 4.72 Å². The normalized spacial score (nSPS) is 11.0. The lowest BCUT2D eigenvalue weighted by atomic mass is 10.3. The number of hydrogen-bond donors (Lipinski definition) is 2. The van der Waals surface area contributed by atoms with Gasteiger partial charge in [-0.05, 0) is 13.0 Å². The summed E-state index contributed by atoms with van der Waals surface area (Å²) in [5.41, 5.74) is 1.08. The Kier molecular flexibility index (Phi) is 4.70. The SMILES string of the molecule is Cc1cc(CNS(=O)(=O)c2cncc(C#CCO)c2)on1. The molecule has 0 aliphatic carbocycles. The monoisotopic (exact) mass is 307 g/mol. The molecule has 0 atom stereocenters. The molecule has 2 N–H and O–H groups in total. The van der Waals surface area contributed by atoms with Crippen LogP contribution in [0.5, 0.6) is 0 Å². The lowest BCUT2D eigenvalue weighted by Gasteiger charge is -2.04. The fourth-order valence-electron chi connectivity index (χ4n) is 1.52. The van der Waals surface area contributed by atoms with E-state index in [1.54, 1.807) is 13.0 Å². The summed E-state index contributed by atoms with van der Waals surface area (Å²) in [5.74, 6) is 5.45. The Morgan fingerprint density at radius 3 is 2.86 bits per heavy atom. The number of aromatic nitrogens is 2. The van der Waals surface area contributed by atoms with Crippen LogP contribution in [0.3, 0.4) is 0 Å². The summed E-state index contributed by atoms with van der Waals surface area (Å²) in [6.07, 6.45) is 2.64. The zero-order valence-electron chi connectivity index (χ0n) is 11.2. The molecule has 0 aliphatic rings. The zero-order valence-corrected chi connectivity index (χ0v) is 12.0. The van der Waals surface area contributed by atoms with E-state index >= 15 is 0 Å². The molecule has 2 rings (SSSR count). The number of rotatable bonds is 4. The first-order valence-electron chi connectivity index (χ1n) is 5.98. The third-order valence-electron chi connectivity index (χ3n) is 2.45. The number of aliphatic hydroxyl groups is 1. The van der Waals surface area contributed by atoms with Crippen molar-refractivity contribution in [2.24, 2.45) is 0 Å². The maximum Gasteiger partial charge on any atom is 0.242 e. The molecule has 0 fully saturated rings. The predicted octanol–water partition coefficient (Wildman–Crippen LogP) is 0.200. The van der Waals surface area contributed by atoms with E-state index < -0.39 is 10.0 Å². The number of sulfonamides is 1. The fraction of sp³-hybridized carbons (Fsp3) is 0.231. The molecule has 0 amide bonds. The highest BCUT2D eigenvalue weighted by Gasteiger charge is 2.15. The van der Waals surface area contributed by atoms with E-state index in [4.69, 9.17) is 9.63 Å². The minimum absolute atomic E-state index is 0.00425. The van der Waals surface area contributed by atoms with Crippen LogP contribution in [-0.4, -0.2) is 30.3 Å². The minimum atomic E-state index is -3.73. The van der Waals surface area contributed by atoms with Gasteiger partial charge in [-0.2, -0.15) is 0 Å². The number of hydrogen-bond acceptors (Lipinski definition) is 6. The average Bonchev–Trinajstić information content (AvgIpc) is 2.89. The summed E-state index contributed by atoms with van der Waals surface area (Å²) in [7, 11) is -3.73. The van der Waals surface area contributed by atoms with E-state index in [1.807, 2.05) is 0 Å². The highest BCUT2D eigenvalue weighted by atomic mass is 32.2. The van der Waals surface area contributed by atoms with Gasteiger partial charge in [0.2, 0.25) is 10.0 Å². The van der Waals surface area contributed by atoms with Crippen LogP contribution in [0.4, 0.5) is 0 Å². The van der Waals surface area contributed by atoms with Crippen LogP contribution in [0, 0.1) is 18.8 Å². The summed E-state index contributed by atoms with van der Waals surface area (Å²) in [6, 6.07) is 3.02. The molecule has 0 bridgehead atoms. The average molecular weight is 307 g/mol. The van der Waals surface area contributed by atoms with E-state index in [0.29, 0.717) is 17.0 Å². The predicted molar refractivity (Wildman–Crippen MR) is 73.5 cm³/mol. The van der Waals surface area contributed by atoms with E-state index in [1.165, 1.54) is 18.5 Å². The van der Waals surface area contributed by atoms with Gasteiger partial charge >= 0.3 is 0 Å². The molecule has 0 spiro atoms. The number of pyridine rings is 1. The van der Waals surface area contributed by atoms with Crippen LogP contribution in [0.1, 0.15) is 17.0 Å². The van der Waals surface area contributed by atoms with Gasteiger partial charge in [0.1, 0.15) is 11.5 Å². The molecule has 2 aromatic rings. The van der Waals surface area contributed by atoms with Gasteiger partial charge in [0.05, 0.1) is 12.2 Å². The van der Waals surface area contributed by atoms with Gasteiger partial charge in [-0.25, -0.2) is 13.1 Å². The highest BCUT2D eigenvalue weighted by molar-refractivity contribution is 7.89. The standard InChI is InChI=1S/C13H13N3O4S/c1-10-5-12(20-16-10)8-15-21(18,19)13-6-11(3-2-4-17)7-14-9-13/h5-7,9,15,17H,4,8H2,1H3. The Labute approximate surface area is 122 Å². The lowest BCUT2D eigenvalue weighted by Crippen LogP contribution is -2.23. The number of nitrogens with one attached hydrogen (secondary N) is 1. The molecule has 2 aromatic heterocycles. The largest absolute Gasteiger partial charge is 0.384 e. The summed E-state index contributed by atoms with van der Waals surface area (Å²) in [4.78, 5) is 3.81. The molecule has 0 aromatic carbocycles. The Bertz CT molecular complexity index is 787. The Balaban J connectivity index is 2.15. The summed E-state index contributed by atoms with van der Waals surface area (Å²) in [5, 5.41) is 12.3. The molecule has 0 saturated heterocycles. The van der Waals surface area contributed by atoms with Crippen molar-refractivity contribution in [3.8, 4) is 11.8 Å². The molecule has 0 radical (unpaired) electrons. The van der Waals surface area contributed by atoms with E-state index in [2.05, 4.69) is 26.7 Å². The summed E-state index contributed by atoms with van der Waals surface area (Å²) < 4.78 is 31.6. The van der Waals surface area contributed by atoms with Crippen molar-refractivity contribution < 1.29 is 18.0 Å². The van der Waals surface area contributed by atoms with Crippen LogP contribution in [0.25, 0.3) is 0 Å². The fourth-order valence-corrected chi connectivity index (χ4v) is 2.51. The molecule has 0 aliphatic heterocycles. The molecular weight excluding hydrogens is 294 g/mol. The number of nitrogens with zero attached hydrogens (tertiary/aromatic N) is 2. The first kappa shape index (κ1) is 15.2. The number of aryl methyl sites for hydroxylation is 1. The van der Waals surface area contributed by atoms with Crippen molar-refractivity contribution in [2.75, 3.05) is 6.61 Å². The van der Waals surface area contributed by atoms with Gasteiger partial charge in [-0.3, -0.25) is 4.98 Å². The van der Waals surface area contributed by atoms with Gasteiger partial charge in [-0.1, -0.05) is 17.0 Å². The number of aliphatic hydroxyl groups excluding tert-OH is 1. The van der Waals surface area contributed by atoms with Crippen molar-refractivity contribution in [3.63, 3.8) is 0 Å². The van der Waals surface area contributed by atoms with Gasteiger partial charge in [0.15, 0.2) is 5.76 Å². The second kappa shape index (κ2) is 6.49. The molecule has 110 valence electrons.